The van der Waals surface area contributed by atoms with Crippen molar-refractivity contribution in [3.63, 3.8) is 0 Å². The lowest BCUT2D eigenvalue weighted by molar-refractivity contribution is -0.941. The number of thiophene rings is 1. The highest BCUT2D eigenvalue weighted by Gasteiger charge is 2.31. The molecule has 0 radical (unpaired) electrons. The van der Waals surface area contributed by atoms with Gasteiger partial charge in [0.2, 0.25) is 4.77 Å². The van der Waals surface area contributed by atoms with E-state index in [0.29, 0.717) is 6.04 Å². The first-order valence-corrected chi connectivity index (χ1v) is 10.1. The molecule has 0 saturated carbocycles. The lowest BCUT2D eigenvalue weighted by Gasteiger charge is -2.20. The van der Waals surface area contributed by atoms with Crippen molar-refractivity contribution in [1.82, 2.24) is 14.3 Å². The van der Waals surface area contributed by atoms with Crippen molar-refractivity contribution < 1.29 is 4.90 Å². The van der Waals surface area contributed by atoms with Gasteiger partial charge in [-0.15, -0.1) is 16.4 Å². The van der Waals surface area contributed by atoms with E-state index in [-0.39, 0.29) is 0 Å². The van der Waals surface area contributed by atoms with Crippen LogP contribution in [0.25, 0.3) is 11.4 Å². The summed E-state index contributed by atoms with van der Waals surface area (Å²) in [6, 6.07) is 12.7. The summed E-state index contributed by atoms with van der Waals surface area (Å²) in [5.74, 6) is 0.882. The van der Waals surface area contributed by atoms with Gasteiger partial charge in [0.05, 0.1) is 11.4 Å². The van der Waals surface area contributed by atoms with E-state index in [2.05, 4.69) is 17.5 Å². The lowest BCUT2D eigenvalue weighted by atomic mass is 10.2. The Bertz CT molecular complexity index is 912. The third kappa shape index (κ3) is 3.31. The lowest BCUT2D eigenvalue weighted by Crippen LogP contribution is -3.09. The number of hydrogen-bond acceptors (Lipinski definition) is 3. The number of rotatable bonds is 4. The minimum Gasteiger partial charge on any atom is -0.309 e. The SMILES string of the molecule is Cn1c(-c2ccc(Cl)cc2)nn(C[NH+]2CCC[C@H]2c2cccs2)c1=S. The monoisotopic (exact) mass is 391 g/mol. The first kappa shape index (κ1) is 17.0. The van der Waals surface area contributed by atoms with E-state index < -0.39 is 0 Å². The Morgan fingerprint density at radius 1 is 1.32 bits per heavy atom. The molecule has 4 rings (SSSR count). The number of likely N-dealkylation sites (tertiary alicyclic amines) is 1. The van der Waals surface area contributed by atoms with Gasteiger partial charge in [0.25, 0.3) is 0 Å². The summed E-state index contributed by atoms with van der Waals surface area (Å²) in [4.78, 5) is 3.01. The first-order chi connectivity index (χ1) is 12.1. The molecule has 1 unspecified atom stereocenters. The average Bonchev–Trinajstić information content (AvgIpc) is 3.33. The minimum atomic E-state index is 0.558. The topological polar surface area (TPSA) is 27.2 Å². The molecule has 0 aliphatic carbocycles. The molecule has 3 heterocycles. The van der Waals surface area contributed by atoms with Gasteiger partial charge < -0.3 is 9.47 Å². The van der Waals surface area contributed by atoms with E-state index in [0.717, 1.165) is 34.4 Å². The Labute approximate surface area is 161 Å². The second-order valence-electron chi connectivity index (χ2n) is 6.45. The number of halogens is 1. The standard InChI is InChI=1S/C18H19ClN4S2/c1-21-17(13-6-8-14(19)9-7-13)20-23(18(21)24)12-22-10-2-4-15(22)16-5-3-11-25-16/h3,5-9,11,15H,2,4,10,12H2,1H3/p+1/t15-/m0/s1. The molecule has 2 atom stereocenters. The molecule has 130 valence electrons. The van der Waals surface area contributed by atoms with Crippen molar-refractivity contribution in [1.29, 1.82) is 0 Å². The fourth-order valence-corrected chi connectivity index (χ4v) is 4.81. The van der Waals surface area contributed by atoms with Gasteiger partial charge in [-0.2, -0.15) is 4.68 Å². The van der Waals surface area contributed by atoms with Gasteiger partial charge in [0.1, 0.15) is 6.04 Å². The van der Waals surface area contributed by atoms with E-state index >= 15 is 0 Å². The maximum atomic E-state index is 6.00. The smallest absolute Gasteiger partial charge is 0.202 e. The van der Waals surface area contributed by atoms with Crippen LogP contribution in [0.2, 0.25) is 5.02 Å². The van der Waals surface area contributed by atoms with E-state index in [1.807, 2.05) is 51.9 Å². The van der Waals surface area contributed by atoms with Crippen LogP contribution in [-0.2, 0) is 13.7 Å². The molecule has 1 aliphatic heterocycles. The third-order valence-electron chi connectivity index (χ3n) is 4.87. The van der Waals surface area contributed by atoms with Gasteiger partial charge in [-0.3, -0.25) is 0 Å². The van der Waals surface area contributed by atoms with Gasteiger partial charge in [-0.25, -0.2) is 0 Å². The zero-order valence-corrected chi connectivity index (χ0v) is 16.4. The largest absolute Gasteiger partial charge is 0.309 e. The number of benzene rings is 1. The van der Waals surface area contributed by atoms with Crippen molar-refractivity contribution in [3.05, 3.63) is 56.4 Å². The maximum Gasteiger partial charge on any atom is 0.202 e. The number of quaternary nitrogens is 1. The summed E-state index contributed by atoms with van der Waals surface area (Å²) in [5.41, 5.74) is 1.03. The zero-order valence-electron chi connectivity index (χ0n) is 14.0. The van der Waals surface area contributed by atoms with E-state index in [1.54, 1.807) is 4.90 Å². The van der Waals surface area contributed by atoms with Gasteiger partial charge in [0, 0.05) is 30.5 Å². The summed E-state index contributed by atoms with van der Waals surface area (Å²) in [7, 11) is 1.98. The van der Waals surface area contributed by atoms with Crippen molar-refractivity contribution in [2.24, 2.45) is 7.05 Å². The van der Waals surface area contributed by atoms with Gasteiger partial charge in [-0.05, 0) is 47.9 Å². The molecule has 1 N–H and O–H groups in total. The predicted octanol–water partition coefficient (Wildman–Crippen LogP) is 3.71. The molecule has 1 aromatic carbocycles. The predicted molar refractivity (Wildman–Crippen MR) is 105 cm³/mol. The highest BCUT2D eigenvalue weighted by molar-refractivity contribution is 7.71. The van der Waals surface area contributed by atoms with Crippen LogP contribution in [0.3, 0.4) is 0 Å². The average molecular weight is 392 g/mol. The van der Waals surface area contributed by atoms with Crippen LogP contribution in [0.5, 0.6) is 0 Å². The third-order valence-corrected chi connectivity index (χ3v) is 6.59. The van der Waals surface area contributed by atoms with Crippen LogP contribution in [0.15, 0.2) is 41.8 Å². The number of aromatic nitrogens is 3. The van der Waals surface area contributed by atoms with Crippen LogP contribution in [-0.4, -0.2) is 20.9 Å². The van der Waals surface area contributed by atoms with Crippen molar-refractivity contribution >= 4 is 35.2 Å². The van der Waals surface area contributed by atoms with E-state index in [9.17, 15) is 0 Å². The van der Waals surface area contributed by atoms with Crippen molar-refractivity contribution in [2.45, 2.75) is 25.6 Å². The summed E-state index contributed by atoms with van der Waals surface area (Å²) in [5, 5.41) is 7.69. The molecule has 1 aliphatic rings. The highest BCUT2D eigenvalue weighted by Crippen LogP contribution is 2.24. The Kier molecular flexibility index (Phi) is 4.78. The normalized spacial score (nSPS) is 20.2. The molecule has 25 heavy (non-hydrogen) atoms. The molecule has 3 aromatic rings. The van der Waals surface area contributed by atoms with Crippen LogP contribution in [0.4, 0.5) is 0 Å². The molecule has 4 nitrogen and oxygen atoms in total. The van der Waals surface area contributed by atoms with Crippen LogP contribution in [0.1, 0.15) is 23.8 Å². The minimum absolute atomic E-state index is 0.558. The Hall–Kier alpha value is -1.47. The van der Waals surface area contributed by atoms with Crippen molar-refractivity contribution in [3.8, 4) is 11.4 Å². The van der Waals surface area contributed by atoms with Crippen molar-refractivity contribution in [2.75, 3.05) is 6.54 Å². The molecule has 1 fully saturated rings. The highest BCUT2D eigenvalue weighted by atomic mass is 35.5. The first-order valence-electron chi connectivity index (χ1n) is 8.41. The quantitative estimate of drug-likeness (QED) is 0.686. The molecule has 7 heteroatoms. The molecule has 0 amide bonds. The second-order valence-corrected chi connectivity index (χ2v) is 8.23. The van der Waals surface area contributed by atoms with Gasteiger partial charge in [0.15, 0.2) is 12.5 Å². The number of hydrogen-bond donors (Lipinski definition) is 1. The molecule has 0 spiro atoms. The number of nitrogens with zero attached hydrogens (tertiary/aromatic N) is 3. The Morgan fingerprint density at radius 2 is 2.12 bits per heavy atom. The van der Waals surface area contributed by atoms with Crippen LogP contribution < -0.4 is 4.90 Å². The summed E-state index contributed by atoms with van der Waals surface area (Å²) in [6.07, 6.45) is 2.49. The molecule has 1 saturated heterocycles. The maximum absolute atomic E-state index is 6.00. The summed E-state index contributed by atoms with van der Waals surface area (Å²) in [6.45, 7) is 1.97. The summed E-state index contributed by atoms with van der Waals surface area (Å²) < 4.78 is 4.71. The fraction of sp³-hybridized carbons (Fsp3) is 0.333. The van der Waals surface area contributed by atoms with Gasteiger partial charge >= 0.3 is 0 Å². The fourth-order valence-electron chi connectivity index (χ4n) is 3.57. The Balaban J connectivity index is 1.62. The van der Waals surface area contributed by atoms with E-state index in [1.165, 1.54) is 17.7 Å². The second kappa shape index (κ2) is 7.03. The zero-order chi connectivity index (χ0) is 17.4. The van der Waals surface area contributed by atoms with Gasteiger partial charge in [-0.1, -0.05) is 17.7 Å². The Morgan fingerprint density at radius 3 is 2.84 bits per heavy atom. The molecule has 2 aromatic heterocycles. The van der Waals surface area contributed by atoms with E-state index in [4.69, 9.17) is 28.9 Å². The summed E-state index contributed by atoms with van der Waals surface area (Å²) >= 11 is 13.5. The molecule has 0 bridgehead atoms. The van der Waals surface area contributed by atoms with Crippen LogP contribution in [0, 0.1) is 4.77 Å². The van der Waals surface area contributed by atoms with Crippen LogP contribution >= 0.6 is 35.2 Å². The molecular formula is C18H20ClN4S2+. The molecular weight excluding hydrogens is 372 g/mol. The number of nitrogens with one attached hydrogen (secondary N) is 1.